The molecule has 0 spiro atoms. The molecule has 0 saturated carbocycles. The van der Waals surface area contributed by atoms with Gasteiger partial charge in [0.1, 0.15) is 0 Å². The van der Waals surface area contributed by atoms with Gasteiger partial charge in [-0.3, -0.25) is 9.79 Å². The van der Waals surface area contributed by atoms with Gasteiger partial charge in [0, 0.05) is 23.6 Å². The number of rotatable bonds is 4. The molecule has 0 radical (unpaired) electrons. The molecule has 1 heterocycles. The van der Waals surface area contributed by atoms with Gasteiger partial charge in [-0.05, 0) is 36.6 Å². The van der Waals surface area contributed by atoms with Crippen LogP contribution < -0.4 is 5.32 Å². The fraction of sp³-hybridized carbons (Fsp3) is 0.381. The van der Waals surface area contributed by atoms with Crippen molar-refractivity contribution >= 4 is 39.2 Å². The van der Waals surface area contributed by atoms with Gasteiger partial charge >= 0.3 is 6.09 Å². The lowest BCUT2D eigenvalue weighted by atomic mass is 9.66. The van der Waals surface area contributed by atoms with E-state index in [4.69, 9.17) is 9.73 Å². The van der Waals surface area contributed by atoms with Gasteiger partial charge in [-0.25, -0.2) is 4.79 Å². The zero-order valence-electron chi connectivity index (χ0n) is 15.0. The van der Waals surface area contributed by atoms with E-state index >= 15 is 0 Å². The maximum absolute atomic E-state index is 13.0. The fourth-order valence-electron chi connectivity index (χ4n) is 4.51. The van der Waals surface area contributed by atoms with Gasteiger partial charge in [0.2, 0.25) is 0 Å². The van der Waals surface area contributed by atoms with E-state index in [9.17, 15) is 9.59 Å². The summed E-state index contributed by atoms with van der Waals surface area (Å²) in [7, 11) is 0. The molecule has 27 heavy (non-hydrogen) atoms. The van der Waals surface area contributed by atoms with E-state index in [1.807, 2.05) is 30.3 Å². The number of aliphatic imine (C=N–C) groups is 1. The van der Waals surface area contributed by atoms with E-state index in [0.717, 1.165) is 17.0 Å². The largest absolute Gasteiger partial charge is 0.450 e. The Labute approximate surface area is 166 Å². The number of amides is 1. The van der Waals surface area contributed by atoms with Crippen molar-refractivity contribution in [3.8, 4) is 0 Å². The van der Waals surface area contributed by atoms with E-state index in [-0.39, 0.29) is 34.9 Å². The van der Waals surface area contributed by atoms with Crippen molar-refractivity contribution in [1.29, 1.82) is 0 Å². The number of fused-ring (bicyclic) bond motifs is 1. The quantitative estimate of drug-likeness (QED) is 0.734. The Bertz CT molecular complexity index is 874. The van der Waals surface area contributed by atoms with Crippen molar-refractivity contribution in [3.05, 3.63) is 53.6 Å². The third kappa shape index (κ3) is 3.16. The van der Waals surface area contributed by atoms with E-state index in [0.29, 0.717) is 13.0 Å². The summed E-state index contributed by atoms with van der Waals surface area (Å²) in [6.45, 7) is 2.10. The molecule has 0 aromatic heterocycles. The number of carbonyl (C=O) groups is 2. The van der Waals surface area contributed by atoms with Gasteiger partial charge in [-0.2, -0.15) is 0 Å². The molecule has 1 aromatic rings. The molecule has 2 aliphatic carbocycles. The average Bonchev–Trinajstić information content (AvgIpc) is 3.00. The van der Waals surface area contributed by atoms with Gasteiger partial charge in [-0.15, -0.1) is 0 Å². The SMILES string of the molecule is CCOC(=O)N[C@H]1CC=C2C=CC3=Nc4ccccc4C(C(=O)CBr)[C@@H]1C23. The summed E-state index contributed by atoms with van der Waals surface area (Å²) in [5, 5.41) is 3.27. The van der Waals surface area contributed by atoms with Crippen LogP contribution in [0.4, 0.5) is 10.5 Å². The Morgan fingerprint density at radius 3 is 2.89 bits per heavy atom. The summed E-state index contributed by atoms with van der Waals surface area (Å²) in [6, 6.07) is 7.63. The Hall–Kier alpha value is -2.21. The Kier molecular flexibility index (Phi) is 5.00. The maximum atomic E-state index is 13.0. The third-order valence-electron chi connectivity index (χ3n) is 5.54. The van der Waals surface area contributed by atoms with Crippen LogP contribution >= 0.6 is 15.9 Å². The minimum absolute atomic E-state index is 0.00563. The number of carbonyl (C=O) groups excluding carboxylic acids is 2. The van der Waals surface area contributed by atoms with Crippen molar-refractivity contribution in [1.82, 2.24) is 5.32 Å². The third-order valence-corrected chi connectivity index (χ3v) is 6.10. The molecule has 4 atom stereocenters. The molecule has 140 valence electrons. The molecule has 2 unspecified atom stereocenters. The van der Waals surface area contributed by atoms with Gasteiger partial charge in [0.15, 0.2) is 5.78 Å². The Balaban J connectivity index is 1.83. The van der Waals surface area contributed by atoms with Gasteiger partial charge < -0.3 is 10.1 Å². The first kappa shape index (κ1) is 18.2. The second-order valence-corrected chi connectivity index (χ2v) is 7.53. The summed E-state index contributed by atoms with van der Waals surface area (Å²) in [4.78, 5) is 30.1. The second-order valence-electron chi connectivity index (χ2n) is 6.97. The first-order chi connectivity index (χ1) is 13.1. The van der Waals surface area contributed by atoms with Gasteiger partial charge in [-0.1, -0.05) is 46.3 Å². The monoisotopic (exact) mass is 428 g/mol. The number of hydrogen-bond donors (Lipinski definition) is 1. The van der Waals surface area contributed by atoms with Crippen molar-refractivity contribution in [2.24, 2.45) is 16.8 Å². The molecule has 4 rings (SSSR count). The molecular weight excluding hydrogens is 408 g/mol. The summed E-state index contributed by atoms with van der Waals surface area (Å²) in [6.07, 6.45) is 6.49. The number of ether oxygens (including phenoxy) is 1. The van der Waals surface area contributed by atoms with E-state index in [1.165, 1.54) is 5.57 Å². The van der Waals surface area contributed by atoms with Crippen LogP contribution in [-0.4, -0.2) is 35.6 Å². The molecular formula is C21H21BrN2O3. The number of halogens is 1. The fourth-order valence-corrected chi connectivity index (χ4v) is 4.86. The highest BCUT2D eigenvalue weighted by atomic mass is 79.9. The molecule has 1 aromatic carbocycles. The average molecular weight is 429 g/mol. The first-order valence-corrected chi connectivity index (χ1v) is 10.3. The number of nitrogens with one attached hydrogen (secondary N) is 1. The second kappa shape index (κ2) is 7.43. The number of alkyl halides is 1. The molecule has 1 aliphatic heterocycles. The molecule has 0 fully saturated rings. The lowest BCUT2D eigenvalue weighted by Crippen LogP contribution is -2.49. The molecule has 3 aliphatic rings. The highest BCUT2D eigenvalue weighted by Crippen LogP contribution is 2.49. The van der Waals surface area contributed by atoms with Crippen LogP contribution in [0.2, 0.25) is 0 Å². The smallest absolute Gasteiger partial charge is 0.407 e. The van der Waals surface area contributed by atoms with Crippen LogP contribution in [0.15, 0.2) is 53.1 Å². The number of Topliss-reactive ketones (excluding diaryl/α,β-unsaturated/α-hetero) is 1. The normalized spacial score (nSPS) is 27.6. The van der Waals surface area contributed by atoms with E-state index in [2.05, 4.69) is 33.4 Å². The van der Waals surface area contributed by atoms with Crippen molar-refractivity contribution in [2.45, 2.75) is 25.3 Å². The van der Waals surface area contributed by atoms with E-state index < -0.39 is 6.09 Å². The molecule has 0 saturated heterocycles. The van der Waals surface area contributed by atoms with Crippen LogP contribution in [0, 0.1) is 11.8 Å². The molecule has 0 bridgehead atoms. The Morgan fingerprint density at radius 2 is 2.11 bits per heavy atom. The summed E-state index contributed by atoms with van der Waals surface area (Å²) >= 11 is 3.36. The van der Waals surface area contributed by atoms with Gasteiger partial charge in [0.25, 0.3) is 0 Å². The zero-order valence-corrected chi connectivity index (χ0v) is 16.6. The number of benzene rings is 1. The van der Waals surface area contributed by atoms with E-state index in [1.54, 1.807) is 6.92 Å². The number of ketones is 1. The standard InChI is InChI=1S/C21H21BrN2O3/c1-2-27-21(26)24-16-10-8-12-7-9-15-18(12)20(16)19(17(25)11-22)13-5-3-4-6-14(13)23-15/h3-9,16,18-20H,2,10-11H2,1H3,(H,24,26)/t16-,18?,19?,20-/m0/s1. The predicted molar refractivity (Wildman–Crippen MR) is 108 cm³/mol. The van der Waals surface area contributed by atoms with Gasteiger partial charge in [0.05, 0.1) is 23.5 Å². The molecule has 6 heteroatoms. The highest BCUT2D eigenvalue weighted by Gasteiger charge is 2.48. The number of hydrogen-bond acceptors (Lipinski definition) is 4. The topological polar surface area (TPSA) is 67.8 Å². The number of nitrogens with zero attached hydrogens (tertiary/aromatic N) is 1. The van der Waals surface area contributed by atoms with Crippen LogP contribution in [-0.2, 0) is 9.53 Å². The zero-order chi connectivity index (χ0) is 19.0. The molecule has 1 N–H and O–H groups in total. The molecule has 1 amide bonds. The number of alkyl carbamates (subject to hydrolysis) is 1. The summed E-state index contributed by atoms with van der Waals surface area (Å²) < 4.78 is 5.11. The number of para-hydroxylation sites is 1. The summed E-state index contributed by atoms with van der Waals surface area (Å²) in [5.41, 5.74) is 3.90. The minimum atomic E-state index is -0.439. The van der Waals surface area contributed by atoms with Crippen LogP contribution in [0.1, 0.15) is 24.8 Å². The molecule has 5 nitrogen and oxygen atoms in total. The number of allylic oxidation sites excluding steroid dienone is 3. The van der Waals surface area contributed by atoms with Crippen LogP contribution in [0.3, 0.4) is 0 Å². The first-order valence-electron chi connectivity index (χ1n) is 9.21. The van der Waals surface area contributed by atoms with Crippen molar-refractivity contribution in [3.63, 3.8) is 0 Å². The predicted octanol–water partition coefficient (Wildman–Crippen LogP) is 4.07. The minimum Gasteiger partial charge on any atom is -0.450 e. The van der Waals surface area contributed by atoms with Crippen LogP contribution in [0.25, 0.3) is 0 Å². The lowest BCUT2D eigenvalue weighted by Gasteiger charge is -2.39. The van der Waals surface area contributed by atoms with Crippen molar-refractivity contribution in [2.75, 3.05) is 11.9 Å². The van der Waals surface area contributed by atoms with Crippen molar-refractivity contribution < 1.29 is 14.3 Å². The summed E-state index contributed by atoms with van der Waals surface area (Å²) in [5.74, 6) is -0.335. The maximum Gasteiger partial charge on any atom is 0.407 e. The Morgan fingerprint density at radius 1 is 1.30 bits per heavy atom. The highest BCUT2D eigenvalue weighted by molar-refractivity contribution is 9.09. The lowest BCUT2D eigenvalue weighted by molar-refractivity contribution is -0.119. The van der Waals surface area contributed by atoms with Crippen LogP contribution in [0.5, 0.6) is 0 Å².